The van der Waals surface area contributed by atoms with Crippen LogP contribution in [0.5, 0.6) is 0 Å². The van der Waals surface area contributed by atoms with Gasteiger partial charge in [0.25, 0.3) is 0 Å². The fourth-order valence-electron chi connectivity index (χ4n) is 3.04. The molecule has 0 saturated carbocycles. The summed E-state index contributed by atoms with van der Waals surface area (Å²) >= 11 is 0. The molecule has 0 aliphatic carbocycles. The summed E-state index contributed by atoms with van der Waals surface area (Å²) in [6.07, 6.45) is 6.41. The van der Waals surface area contributed by atoms with Crippen LogP contribution in [0.15, 0.2) is 47.4 Å². The number of nitrogens with one attached hydrogen (secondary N) is 1. The number of anilines is 1. The second-order valence-electron chi connectivity index (χ2n) is 6.70. The zero-order valence-electron chi connectivity index (χ0n) is 16.3. The number of nitrogens with zero attached hydrogens (tertiary/aromatic N) is 3. The predicted octanol–water partition coefficient (Wildman–Crippen LogP) is 3.29. The van der Waals surface area contributed by atoms with E-state index in [2.05, 4.69) is 22.7 Å². The lowest BCUT2D eigenvalue weighted by Gasteiger charge is -2.12. The molecule has 0 aliphatic heterocycles. The number of sulfonamides is 1. The van der Waals surface area contributed by atoms with Gasteiger partial charge in [-0.1, -0.05) is 18.9 Å². The zero-order chi connectivity index (χ0) is 20.3. The van der Waals surface area contributed by atoms with E-state index in [9.17, 15) is 8.42 Å². The van der Waals surface area contributed by atoms with Gasteiger partial charge in [0.1, 0.15) is 5.82 Å². The molecule has 3 rings (SSSR count). The summed E-state index contributed by atoms with van der Waals surface area (Å²) in [5, 5.41) is 3.35. The van der Waals surface area contributed by atoms with E-state index < -0.39 is 10.0 Å². The summed E-state index contributed by atoms with van der Waals surface area (Å²) in [4.78, 5) is 4.94. The van der Waals surface area contributed by atoms with Crippen molar-refractivity contribution in [3.05, 3.63) is 53.9 Å². The molecule has 1 heterocycles. The number of rotatable bonds is 7. The van der Waals surface area contributed by atoms with Crippen molar-refractivity contribution in [2.45, 2.75) is 31.3 Å². The van der Waals surface area contributed by atoms with Crippen molar-refractivity contribution < 1.29 is 8.42 Å². The van der Waals surface area contributed by atoms with Crippen LogP contribution in [0.3, 0.4) is 0 Å². The normalized spacial score (nSPS) is 11.7. The molecule has 2 aromatic carbocycles. The van der Waals surface area contributed by atoms with Gasteiger partial charge in [0, 0.05) is 31.9 Å². The average molecular weight is 397 g/mol. The Kier molecular flexibility index (Phi) is 5.73. The molecule has 0 saturated heterocycles. The molecule has 0 fully saturated rings. The molecule has 28 heavy (non-hydrogen) atoms. The van der Waals surface area contributed by atoms with Gasteiger partial charge in [0.05, 0.1) is 22.5 Å². The Morgan fingerprint density at radius 2 is 2.00 bits per heavy atom. The van der Waals surface area contributed by atoms with Crippen LogP contribution in [0, 0.1) is 12.3 Å². The summed E-state index contributed by atoms with van der Waals surface area (Å²) in [5.41, 5.74) is 3.33. The molecule has 1 aromatic heterocycles. The number of hydrogen-bond donors (Lipinski definition) is 1. The maximum absolute atomic E-state index is 12.4. The summed E-state index contributed by atoms with van der Waals surface area (Å²) in [5.74, 6) is 3.48. The van der Waals surface area contributed by atoms with Gasteiger partial charge in [-0.05, 0) is 42.8 Å². The SMILES string of the molecule is C#Cc1cccc(NCc2nc3cc(S(=O)(=O)N(C)C)ccc3n2CCC)c1. The van der Waals surface area contributed by atoms with Crippen molar-refractivity contribution in [1.82, 2.24) is 13.9 Å². The van der Waals surface area contributed by atoms with Gasteiger partial charge in [-0.2, -0.15) is 0 Å². The zero-order valence-corrected chi connectivity index (χ0v) is 17.1. The quantitative estimate of drug-likeness (QED) is 0.623. The summed E-state index contributed by atoms with van der Waals surface area (Å²) in [6, 6.07) is 12.8. The van der Waals surface area contributed by atoms with Gasteiger partial charge in [-0.3, -0.25) is 0 Å². The molecule has 0 amide bonds. The molecule has 6 nitrogen and oxygen atoms in total. The van der Waals surface area contributed by atoms with E-state index in [4.69, 9.17) is 11.4 Å². The maximum Gasteiger partial charge on any atom is 0.242 e. The second kappa shape index (κ2) is 8.05. The number of imidazole rings is 1. The maximum atomic E-state index is 12.4. The van der Waals surface area contributed by atoms with Crippen molar-refractivity contribution in [2.24, 2.45) is 0 Å². The third-order valence-corrected chi connectivity index (χ3v) is 6.32. The van der Waals surface area contributed by atoms with Crippen LogP contribution in [-0.2, 0) is 23.1 Å². The minimum absolute atomic E-state index is 0.243. The lowest BCUT2D eigenvalue weighted by atomic mass is 10.2. The van der Waals surface area contributed by atoms with E-state index in [0.29, 0.717) is 12.1 Å². The van der Waals surface area contributed by atoms with Crippen LogP contribution in [0.1, 0.15) is 24.7 Å². The van der Waals surface area contributed by atoms with Crippen molar-refractivity contribution in [1.29, 1.82) is 0 Å². The Labute approximate surface area is 166 Å². The molecule has 0 atom stereocenters. The van der Waals surface area contributed by atoms with Crippen LogP contribution in [0.4, 0.5) is 5.69 Å². The van der Waals surface area contributed by atoms with E-state index in [-0.39, 0.29) is 4.90 Å². The lowest BCUT2D eigenvalue weighted by Crippen LogP contribution is -2.22. The van der Waals surface area contributed by atoms with Crippen LogP contribution in [0.25, 0.3) is 11.0 Å². The largest absolute Gasteiger partial charge is 0.378 e. The Balaban J connectivity index is 1.97. The molecule has 0 spiro atoms. The smallest absolute Gasteiger partial charge is 0.242 e. The number of hydrogen-bond acceptors (Lipinski definition) is 4. The Morgan fingerprint density at radius 1 is 1.21 bits per heavy atom. The van der Waals surface area contributed by atoms with E-state index in [1.807, 2.05) is 30.3 Å². The molecule has 3 aromatic rings. The lowest BCUT2D eigenvalue weighted by molar-refractivity contribution is 0.521. The first-order valence-electron chi connectivity index (χ1n) is 9.09. The summed E-state index contributed by atoms with van der Waals surface area (Å²) in [6.45, 7) is 3.42. The molecule has 0 bridgehead atoms. The van der Waals surface area contributed by atoms with Gasteiger partial charge in [0.2, 0.25) is 10.0 Å². The van der Waals surface area contributed by atoms with E-state index in [1.54, 1.807) is 12.1 Å². The molecule has 0 radical (unpaired) electrons. The van der Waals surface area contributed by atoms with Crippen LogP contribution in [-0.4, -0.2) is 36.4 Å². The highest BCUT2D eigenvalue weighted by Gasteiger charge is 2.19. The Morgan fingerprint density at radius 3 is 2.68 bits per heavy atom. The third kappa shape index (κ3) is 3.88. The van der Waals surface area contributed by atoms with Crippen LogP contribution >= 0.6 is 0 Å². The van der Waals surface area contributed by atoms with Crippen molar-refractivity contribution >= 4 is 26.7 Å². The van der Waals surface area contributed by atoms with E-state index in [1.165, 1.54) is 18.4 Å². The predicted molar refractivity (Wildman–Crippen MR) is 113 cm³/mol. The Hall–Kier alpha value is -2.82. The van der Waals surface area contributed by atoms with Crippen LogP contribution in [0.2, 0.25) is 0 Å². The highest BCUT2D eigenvalue weighted by molar-refractivity contribution is 7.89. The third-order valence-electron chi connectivity index (χ3n) is 4.50. The molecule has 7 heteroatoms. The topological polar surface area (TPSA) is 67.2 Å². The van der Waals surface area contributed by atoms with Crippen molar-refractivity contribution in [3.8, 4) is 12.3 Å². The first-order chi connectivity index (χ1) is 13.4. The van der Waals surface area contributed by atoms with Gasteiger partial charge in [-0.25, -0.2) is 17.7 Å². The van der Waals surface area contributed by atoms with Gasteiger partial charge >= 0.3 is 0 Å². The first-order valence-corrected chi connectivity index (χ1v) is 10.5. The van der Waals surface area contributed by atoms with Gasteiger partial charge in [0.15, 0.2) is 0 Å². The van der Waals surface area contributed by atoms with Gasteiger partial charge < -0.3 is 9.88 Å². The Bertz CT molecular complexity index is 1140. The van der Waals surface area contributed by atoms with Crippen LogP contribution < -0.4 is 5.32 Å². The monoisotopic (exact) mass is 396 g/mol. The highest BCUT2D eigenvalue weighted by Crippen LogP contribution is 2.23. The molecule has 0 unspecified atom stereocenters. The molecule has 146 valence electrons. The standard InChI is InChI=1S/C21H24N4O2S/c1-5-12-25-20-11-10-18(28(26,27)24(3)4)14-19(20)23-21(25)15-22-17-9-7-8-16(6-2)13-17/h2,7-11,13-14,22H,5,12,15H2,1,3-4H3. The van der Waals surface area contributed by atoms with E-state index >= 15 is 0 Å². The number of aromatic nitrogens is 2. The number of fused-ring (bicyclic) bond motifs is 1. The fourth-order valence-corrected chi connectivity index (χ4v) is 3.96. The highest BCUT2D eigenvalue weighted by atomic mass is 32.2. The van der Waals surface area contributed by atoms with Crippen molar-refractivity contribution in [3.63, 3.8) is 0 Å². The minimum Gasteiger partial charge on any atom is -0.378 e. The minimum atomic E-state index is -3.50. The first kappa shape index (κ1) is 19.9. The summed E-state index contributed by atoms with van der Waals surface area (Å²) < 4.78 is 28.2. The fraction of sp³-hybridized carbons (Fsp3) is 0.286. The summed E-state index contributed by atoms with van der Waals surface area (Å²) in [7, 11) is -0.452. The molecule has 0 aliphatic rings. The molecular weight excluding hydrogens is 372 g/mol. The number of benzene rings is 2. The van der Waals surface area contributed by atoms with Crippen molar-refractivity contribution in [2.75, 3.05) is 19.4 Å². The second-order valence-corrected chi connectivity index (χ2v) is 8.85. The number of terminal acetylenes is 1. The van der Waals surface area contributed by atoms with Gasteiger partial charge in [-0.15, -0.1) is 6.42 Å². The average Bonchev–Trinajstić information content (AvgIpc) is 3.03. The molecular formula is C21H24N4O2S. The molecule has 1 N–H and O–H groups in total. The number of aryl methyl sites for hydroxylation is 1. The van der Waals surface area contributed by atoms with E-state index in [0.717, 1.165) is 35.6 Å².